The van der Waals surface area contributed by atoms with Crippen LogP contribution in [0.2, 0.25) is 0 Å². The monoisotopic (exact) mass is 256 g/mol. The molecular weight excluding hydrogens is 240 g/mol. The van der Waals surface area contributed by atoms with Crippen LogP contribution < -0.4 is 0 Å². The number of aromatic nitrogens is 2. The summed E-state index contributed by atoms with van der Waals surface area (Å²) in [6.07, 6.45) is 2.64. The fourth-order valence-electron chi connectivity index (χ4n) is 2.38. The first kappa shape index (κ1) is 12.1. The maximum Gasteiger partial charge on any atom is 0.211 e. The molecule has 98 valence electrons. The van der Waals surface area contributed by atoms with Crippen LogP contribution in [0, 0.1) is 0 Å². The summed E-state index contributed by atoms with van der Waals surface area (Å²) >= 11 is 0. The van der Waals surface area contributed by atoms with Gasteiger partial charge >= 0.3 is 0 Å². The highest BCUT2D eigenvalue weighted by Crippen LogP contribution is 2.22. The number of ether oxygens (including phenoxy) is 1. The van der Waals surface area contributed by atoms with Gasteiger partial charge in [0.05, 0.1) is 13.2 Å². The lowest BCUT2D eigenvalue weighted by Crippen LogP contribution is -2.11. The van der Waals surface area contributed by atoms with E-state index in [9.17, 15) is 4.79 Å². The molecule has 0 N–H and O–H groups in total. The van der Waals surface area contributed by atoms with Gasteiger partial charge in [-0.1, -0.05) is 19.1 Å². The molecule has 0 aliphatic carbocycles. The molecule has 3 rings (SSSR count). The highest BCUT2D eigenvalue weighted by Gasteiger charge is 2.17. The molecule has 1 aromatic carbocycles. The first-order chi connectivity index (χ1) is 9.29. The lowest BCUT2D eigenvalue weighted by molar-refractivity contribution is 0.102. The van der Waals surface area contributed by atoms with Crippen molar-refractivity contribution in [2.24, 2.45) is 0 Å². The zero-order valence-electron chi connectivity index (χ0n) is 10.9. The molecular formula is C15H16N2O2. The number of carbonyl (C=O) groups excluding carboxylic acids is 1. The number of rotatable bonds is 4. The minimum absolute atomic E-state index is 0.0284. The molecule has 1 aromatic heterocycles. The highest BCUT2D eigenvalue weighted by atomic mass is 16.5. The predicted octanol–water partition coefficient (Wildman–Crippen LogP) is 2.55. The van der Waals surface area contributed by atoms with Crippen molar-refractivity contribution in [3.63, 3.8) is 0 Å². The van der Waals surface area contributed by atoms with Gasteiger partial charge in [-0.15, -0.1) is 0 Å². The summed E-state index contributed by atoms with van der Waals surface area (Å²) in [7, 11) is 0. The minimum atomic E-state index is 0.0284. The van der Waals surface area contributed by atoms with Gasteiger partial charge < -0.3 is 4.74 Å². The van der Waals surface area contributed by atoms with Crippen LogP contribution in [-0.4, -0.2) is 15.6 Å². The molecule has 19 heavy (non-hydrogen) atoms. The van der Waals surface area contributed by atoms with E-state index in [0.717, 1.165) is 18.5 Å². The Balaban J connectivity index is 1.93. The van der Waals surface area contributed by atoms with Gasteiger partial charge in [0.2, 0.25) is 5.78 Å². The quantitative estimate of drug-likeness (QED) is 0.790. The number of carbonyl (C=O) groups is 1. The Kier molecular flexibility index (Phi) is 3.17. The second kappa shape index (κ2) is 4.97. The number of aryl methyl sites for hydroxylation is 1. The van der Waals surface area contributed by atoms with Crippen LogP contribution in [0.3, 0.4) is 0 Å². The van der Waals surface area contributed by atoms with E-state index >= 15 is 0 Å². The normalized spacial score (nSPS) is 13.5. The van der Waals surface area contributed by atoms with Crippen molar-refractivity contribution in [3.05, 3.63) is 52.8 Å². The number of hydrogen-bond acceptors (Lipinski definition) is 3. The molecule has 0 fully saturated rings. The Morgan fingerprint density at radius 1 is 1.32 bits per heavy atom. The van der Waals surface area contributed by atoms with Gasteiger partial charge in [0.15, 0.2) is 0 Å². The first-order valence-electron chi connectivity index (χ1n) is 6.55. The summed E-state index contributed by atoms with van der Waals surface area (Å²) in [5.41, 5.74) is 3.66. The summed E-state index contributed by atoms with van der Waals surface area (Å²) in [5, 5.41) is 4.20. The maximum atomic E-state index is 12.5. The summed E-state index contributed by atoms with van der Waals surface area (Å²) in [6.45, 7) is 4.09. The third-order valence-electron chi connectivity index (χ3n) is 3.37. The average molecular weight is 256 g/mol. The highest BCUT2D eigenvalue weighted by molar-refractivity contribution is 6.08. The third kappa shape index (κ3) is 2.19. The Morgan fingerprint density at radius 2 is 2.16 bits per heavy atom. The molecule has 4 nitrogen and oxygen atoms in total. The molecule has 4 heteroatoms. The first-order valence-corrected chi connectivity index (χ1v) is 6.55. The molecule has 0 bridgehead atoms. The lowest BCUT2D eigenvalue weighted by Gasteiger charge is -2.06. The van der Waals surface area contributed by atoms with Gasteiger partial charge in [0.25, 0.3) is 0 Å². The van der Waals surface area contributed by atoms with Crippen molar-refractivity contribution in [1.29, 1.82) is 0 Å². The maximum absolute atomic E-state index is 12.5. The van der Waals surface area contributed by atoms with Gasteiger partial charge in [-0.25, -0.2) is 0 Å². The summed E-state index contributed by atoms with van der Waals surface area (Å²) < 4.78 is 7.14. The van der Waals surface area contributed by atoms with E-state index in [1.165, 1.54) is 5.56 Å². The summed E-state index contributed by atoms with van der Waals surface area (Å²) in [4.78, 5) is 12.5. The number of benzene rings is 1. The van der Waals surface area contributed by atoms with Gasteiger partial charge in [0.1, 0.15) is 5.69 Å². The van der Waals surface area contributed by atoms with Gasteiger partial charge in [-0.2, -0.15) is 5.10 Å². The van der Waals surface area contributed by atoms with Crippen molar-refractivity contribution in [3.8, 4) is 0 Å². The zero-order chi connectivity index (χ0) is 13.2. The second-order valence-electron chi connectivity index (χ2n) is 4.75. The van der Waals surface area contributed by atoms with Crippen LogP contribution >= 0.6 is 0 Å². The van der Waals surface area contributed by atoms with Crippen LogP contribution in [0.25, 0.3) is 0 Å². The Bertz CT molecular complexity index is 616. The van der Waals surface area contributed by atoms with Crippen molar-refractivity contribution in [2.75, 3.05) is 0 Å². The topological polar surface area (TPSA) is 44.1 Å². The van der Waals surface area contributed by atoms with E-state index in [-0.39, 0.29) is 5.78 Å². The van der Waals surface area contributed by atoms with Gasteiger partial charge in [-0.3, -0.25) is 9.48 Å². The molecule has 2 heterocycles. The van der Waals surface area contributed by atoms with E-state index in [2.05, 4.69) is 12.0 Å². The number of nitrogens with zero attached hydrogens (tertiary/aromatic N) is 2. The van der Waals surface area contributed by atoms with Crippen LogP contribution in [0.15, 0.2) is 30.5 Å². The van der Waals surface area contributed by atoms with Gasteiger partial charge in [0, 0.05) is 18.3 Å². The largest absolute Gasteiger partial charge is 0.372 e. The predicted molar refractivity (Wildman–Crippen MR) is 70.9 cm³/mol. The van der Waals surface area contributed by atoms with E-state index < -0.39 is 0 Å². The van der Waals surface area contributed by atoms with Crippen molar-refractivity contribution in [1.82, 2.24) is 9.78 Å². The number of hydrogen-bond donors (Lipinski definition) is 0. The molecule has 0 amide bonds. The summed E-state index contributed by atoms with van der Waals surface area (Å²) in [5.74, 6) is 0.0284. The van der Waals surface area contributed by atoms with Crippen LogP contribution in [0.1, 0.15) is 40.5 Å². The molecule has 0 atom stereocenters. The van der Waals surface area contributed by atoms with Crippen LogP contribution in [0.5, 0.6) is 0 Å². The van der Waals surface area contributed by atoms with E-state index in [0.29, 0.717) is 24.5 Å². The Hall–Kier alpha value is -1.94. The van der Waals surface area contributed by atoms with Gasteiger partial charge in [-0.05, 0) is 29.7 Å². The molecule has 0 saturated carbocycles. The van der Waals surface area contributed by atoms with Crippen LogP contribution in [-0.2, 0) is 24.5 Å². The molecule has 0 radical (unpaired) electrons. The fourth-order valence-corrected chi connectivity index (χ4v) is 2.38. The van der Waals surface area contributed by atoms with E-state index in [1.54, 1.807) is 16.9 Å². The summed E-state index contributed by atoms with van der Waals surface area (Å²) in [6, 6.07) is 7.57. The molecule has 0 spiro atoms. The Labute approximate surface area is 112 Å². The third-order valence-corrected chi connectivity index (χ3v) is 3.37. The number of ketones is 1. The van der Waals surface area contributed by atoms with E-state index in [1.807, 2.05) is 18.2 Å². The molecule has 1 aliphatic heterocycles. The standard InChI is InChI=1S/C15H16N2O2/c1-2-7-17-14(5-6-16-17)15(18)11-3-4-12-9-19-10-13(12)8-11/h3-6,8H,2,7,9-10H2,1H3. The van der Waals surface area contributed by atoms with Crippen molar-refractivity contribution in [2.45, 2.75) is 33.1 Å². The zero-order valence-corrected chi connectivity index (χ0v) is 10.9. The molecule has 0 unspecified atom stereocenters. The lowest BCUT2D eigenvalue weighted by atomic mass is 10.0. The van der Waals surface area contributed by atoms with Crippen molar-refractivity contribution < 1.29 is 9.53 Å². The SMILES string of the molecule is CCCn1nccc1C(=O)c1ccc2c(c1)COC2. The van der Waals surface area contributed by atoms with E-state index in [4.69, 9.17) is 4.74 Å². The molecule has 1 aliphatic rings. The van der Waals surface area contributed by atoms with Crippen LogP contribution in [0.4, 0.5) is 0 Å². The van der Waals surface area contributed by atoms with Crippen molar-refractivity contribution >= 4 is 5.78 Å². The smallest absolute Gasteiger partial charge is 0.211 e. The Morgan fingerprint density at radius 3 is 3.00 bits per heavy atom. The second-order valence-corrected chi connectivity index (χ2v) is 4.75. The average Bonchev–Trinajstić information content (AvgIpc) is 3.05. The molecule has 0 saturated heterocycles. The fraction of sp³-hybridized carbons (Fsp3) is 0.333. The minimum Gasteiger partial charge on any atom is -0.372 e. The number of fused-ring (bicyclic) bond motifs is 1. The molecule has 2 aromatic rings.